The molecular formula is C14H21N5OS. The van der Waals surface area contributed by atoms with E-state index in [1.165, 1.54) is 10.4 Å². The van der Waals surface area contributed by atoms with E-state index in [-0.39, 0.29) is 0 Å². The van der Waals surface area contributed by atoms with Gasteiger partial charge in [-0.05, 0) is 32.9 Å². The Morgan fingerprint density at radius 3 is 2.90 bits per heavy atom. The van der Waals surface area contributed by atoms with Crippen molar-refractivity contribution >= 4 is 27.4 Å². The maximum Gasteiger partial charge on any atom is 0.152 e. The molecule has 3 heterocycles. The molecule has 0 aliphatic carbocycles. The van der Waals surface area contributed by atoms with Gasteiger partial charge in [-0.3, -0.25) is 4.90 Å². The summed E-state index contributed by atoms with van der Waals surface area (Å²) in [4.78, 5) is 13.8. The molecule has 2 aromatic rings. The van der Waals surface area contributed by atoms with Crippen molar-refractivity contribution in [1.82, 2.24) is 14.9 Å². The number of hydrogen-bond donors (Lipinski definition) is 2. The van der Waals surface area contributed by atoms with Gasteiger partial charge in [0, 0.05) is 17.5 Å². The third kappa shape index (κ3) is 2.74. The van der Waals surface area contributed by atoms with Crippen molar-refractivity contribution in [2.75, 3.05) is 25.7 Å². The first kappa shape index (κ1) is 14.6. The fourth-order valence-electron chi connectivity index (χ4n) is 2.69. The zero-order valence-electron chi connectivity index (χ0n) is 12.6. The van der Waals surface area contributed by atoms with Crippen LogP contribution in [0.1, 0.15) is 22.7 Å². The molecule has 1 unspecified atom stereocenters. The number of aryl methyl sites for hydroxylation is 2. The van der Waals surface area contributed by atoms with Gasteiger partial charge < -0.3 is 10.2 Å². The third-order valence-electron chi connectivity index (χ3n) is 4.13. The van der Waals surface area contributed by atoms with E-state index in [1.807, 2.05) is 0 Å². The molecule has 1 atom stereocenters. The second-order valence-electron chi connectivity index (χ2n) is 5.53. The topological polar surface area (TPSA) is 76.3 Å². The van der Waals surface area contributed by atoms with Crippen molar-refractivity contribution in [3.05, 3.63) is 16.3 Å². The number of aromatic nitrogens is 2. The van der Waals surface area contributed by atoms with E-state index in [9.17, 15) is 0 Å². The number of anilines is 1. The van der Waals surface area contributed by atoms with Crippen LogP contribution < -0.4 is 11.3 Å². The molecule has 0 spiro atoms. The van der Waals surface area contributed by atoms with Gasteiger partial charge in [0.15, 0.2) is 5.82 Å². The molecule has 3 rings (SSSR count). The van der Waals surface area contributed by atoms with Crippen molar-refractivity contribution in [3.63, 3.8) is 0 Å². The predicted molar refractivity (Wildman–Crippen MR) is 85.4 cm³/mol. The largest absolute Gasteiger partial charge is 0.380 e. The van der Waals surface area contributed by atoms with Crippen LogP contribution in [-0.4, -0.2) is 41.2 Å². The molecule has 21 heavy (non-hydrogen) atoms. The summed E-state index contributed by atoms with van der Waals surface area (Å²) in [5.41, 5.74) is 3.92. The van der Waals surface area contributed by atoms with Gasteiger partial charge in [0.1, 0.15) is 10.7 Å². The zero-order chi connectivity index (χ0) is 15.0. The van der Waals surface area contributed by atoms with E-state index in [0.717, 1.165) is 35.7 Å². The lowest BCUT2D eigenvalue weighted by molar-refractivity contribution is 0.155. The van der Waals surface area contributed by atoms with E-state index in [2.05, 4.69) is 36.2 Å². The van der Waals surface area contributed by atoms with E-state index in [1.54, 1.807) is 11.3 Å². The SMILES string of the molecule is Cc1sc2nc(CN(C)C3CCOC3)nc(NN)c2c1C. The Kier molecular flexibility index (Phi) is 4.08. The van der Waals surface area contributed by atoms with Crippen molar-refractivity contribution in [2.24, 2.45) is 5.84 Å². The van der Waals surface area contributed by atoms with Crippen LogP contribution in [0.3, 0.4) is 0 Å². The molecule has 0 aromatic carbocycles. The van der Waals surface area contributed by atoms with E-state index in [4.69, 9.17) is 15.6 Å². The van der Waals surface area contributed by atoms with Crippen LogP contribution in [0.25, 0.3) is 10.2 Å². The molecule has 0 saturated carbocycles. The fraction of sp³-hybridized carbons (Fsp3) is 0.571. The highest BCUT2D eigenvalue weighted by atomic mass is 32.1. The monoisotopic (exact) mass is 307 g/mol. The zero-order valence-corrected chi connectivity index (χ0v) is 13.5. The van der Waals surface area contributed by atoms with Gasteiger partial charge in [-0.2, -0.15) is 0 Å². The molecule has 2 aromatic heterocycles. The highest BCUT2D eigenvalue weighted by Gasteiger charge is 2.22. The Bertz CT molecular complexity index is 650. The molecule has 3 N–H and O–H groups in total. The predicted octanol–water partition coefficient (Wildman–Crippen LogP) is 1.81. The Morgan fingerprint density at radius 2 is 2.24 bits per heavy atom. The molecule has 7 heteroatoms. The smallest absolute Gasteiger partial charge is 0.152 e. The number of nitrogens with zero attached hydrogens (tertiary/aromatic N) is 3. The first-order chi connectivity index (χ1) is 10.1. The number of likely N-dealkylation sites (N-methyl/N-ethyl adjacent to an activating group) is 1. The number of rotatable bonds is 4. The maximum absolute atomic E-state index is 5.65. The van der Waals surface area contributed by atoms with Crippen LogP contribution in [0.4, 0.5) is 5.82 Å². The van der Waals surface area contributed by atoms with Gasteiger partial charge in [0.05, 0.1) is 18.5 Å². The van der Waals surface area contributed by atoms with E-state index < -0.39 is 0 Å². The van der Waals surface area contributed by atoms with E-state index >= 15 is 0 Å². The Morgan fingerprint density at radius 1 is 1.43 bits per heavy atom. The number of nitrogens with one attached hydrogen (secondary N) is 1. The summed E-state index contributed by atoms with van der Waals surface area (Å²) in [6.45, 7) is 6.52. The van der Waals surface area contributed by atoms with Gasteiger partial charge in [-0.15, -0.1) is 11.3 Å². The van der Waals surface area contributed by atoms with Crippen LogP contribution >= 0.6 is 11.3 Å². The van der Waals surface area contributed by atoms with Gasteiger partial charge in [-0.1, -0.05) is 0 Å². The van der Waals surface area contributed by atoms with Crippen molar-refractivity contribution in [2.45, 2.75) is 32.9 Å². The summed E-state index contributed by atoms with van der Waals surface area (Å²) in [6.07, 6.45) is 1.07. The first-order valence-corrected chi connectivity index (χ1v) is 7.93. The minimum atomic E-state index is 0.449. The Labute approximate surface area is 128 Å². The Hall–Kier alpha value is -1.28. The second-order valence-corrected chi connectivity index (χ2v) is 6.73. The molecule has 1 aliphatic rings. The summed E-state index contributed by atoms with van der Waals surface area (Å²) < 4.78 is 5.44. The molecule has 1 aliphatic heterocycles. The Balaban J connectivity index is 1.92. The fourth-order valence-corrected chi connectivity index (χ4v) is 3.74. The molecule has 114 valence electrons. The van der Waals surface area contributed by atoms with Crippen molar-refractivity contribution in [3.8, 4) is 0 Å². The average molecular weight is 307 g/mol. The van der Waals surface area contributed by atoms with Gasteiger partial charge in [0.25, 0.3) is 0 Å². The maximum atomic E-state index is 5.65. The van der Waals surface area contributed by atoms with Crippen LogP contribution in [0.2, 0.25) is 0 Å². The molecule has 0 bridgehead atoms. The number of hydrogen-bond acceptors (Lipinski definition) is 7. The summed E-state index contributed by atoms with van der Waals surface area (Å²) in [6, 6.07) is 0.449. The molecule has 0 radical (unpaired) electrons. The lowest BCUT2D eigenvalue weighted by Crippen LogP contribution is -2.32. The highest BCUT2D eigenvalue weighted by molar-refractivity contribution is 7.18. The number of ether oxygens (including phenoxy) is 1. The quantitative estimate of drug-likeness (QED) is 0.663. The van der Waals surface area contributed by atoms with Crippen LogP contribution in [-0.2, 0) is 11.3 Å². The molecule has 0 amide bonds. The van der Waals surface area contributed by atoms with Gasteiger partial charge in [0.2, 0.25) is 0 Å². The van der Waals surface area contributed by atoms with Crippen LogP contribution in [0, 0.1) is 13.8 Å². The van der Waals surface area contributed by atoms with Crippen molar-refractivity contribution in [1.29, 1.82) is 0 Å². The van der Waals surface area contributed by atoms with Crippen molar-refractivity contribution < 1.29 is 4.74 Å². The van der Waals surface area contributed by atoms with Gasteiger partial charge >= 0.3 is 0 Å². The summed E-state index contributed by atoms with van der Waals surface area (Å²) >= 11 is 1.69. The van der Waals surface area contributed by atoms with E-state index in [0.29, 0.717) is 18.4 Å². The molecule has 1 saturated heterocycles. The summed E-state index contributed by atoms with van der Waals surface area (Å²) in [7, 11) is 2.09. The minimum Gasteiger partial charge on any atom is -0.380 e. The molecule has 6 nitrogen and oxygen atoms in total. The summed E-state index contributed by atoms with van der Waals surface area (Å²) in [5.74, 6) is 7.16. The molecule has 1 fully saturated rings. The summed E-state index contributed by atoms with van der Waals surface area (Å²) in [5, 5.41) is 1.04. The second kappa shape index (κ2) is 5.84. The van der Waals surface area contributed by atoms with Crippen LogP contribution in [0.15, 0.2) is 0 Å². The lowest BCUT2D eigenvalue weighted by Gasteiger charge is -2.22. The number of nitrogen functional groups attached to an aromatic ring is 1. The molecular weight excluding hydrogens is 286 g/mol. The number of nitrogens with two attached hydrogens (primary N) is 1. The normalized spacial score (nSPS) is 18.8. The standard InChI is InChI=1S/C14H21N5OS/c1-8-9(2)21-14-12(8)13(18-15)16-11(17-14)6-19(3)10-4-5-20-7-10/h10H,4-7,15H2,1-3H3,(H,16,17,18). The lowest BCUT2D eigenvalue weighted by atomic mass is 10.2. The highest BCUT2D eigenvalue weighted by Crippen LogP contribution is 2.33. The van der Waals surface area contributed by atoms with Gasteiger partial charge in [-0.25, -0.2) is 15.8 Å². The first-order valence-electron chi connectivity index (χ1n) is 7.11. The minimum absolute atomic E-state index is 0.449. The average Bonchev–Trinajstić information content (AvgIpc) is 3.08. The third-order valence-corrected chi connectivity index (χ3v) is 5.23. The number of fused-ring (bicyclic) bond motifs is 1. The number of thiophene rings is 1. The number of hydrazine groups is 1. The van der Waals surface area contributed by atoms with Crippen LogP contribution in [0.5, 0.6) is 0 Å².